The lowest BCUT2D eigenvalue weighted by Gasteiger charge is -2.55. The van der Waals surface area contributed by atoms with Gasteiger partial charge in [-0.15, -0.1) is 0 Å². The number of aliphatic hydroxyl groups excluding tert-OH is 1. The molecule has 2 aliphatic rings. The van der Waals surface area contributed by atoms with Gasteiger partial charge in [-0.25, -0.2) is 4.79 Å². The van der Waals surface area contributed by atoms with Gasteiger partial charge in [0.05, 0.1) is 45.8 Å². The second kappa shape index (κ2) is 9.22. The number of rotatable bonds is 5. The Morgan fingerprint density at radius 2 is 1.33 bits per heavy atom. The Morgan fingerprint density at radius 3 is 1.82 bits per heavy atom. The molecule has 1 fully saturated rings. The molecule has 1 saturated carbocycles. The standard InChI is InChI=1S/C23H26O10/c1-30-19(25)14-13-10-12(11-8-6-5-7-9-11)15(20(26)31-2)23(29,16(13)21(27)32-3)17(18(14)24)22(28)33-4/h5-9,12-13,15-17,24,29H,10H2,1-4H3/t12-,13-,15+,16+,17+,23+/m0/s1. The lowest BCUT2D eigenvalue weighted by molar-refractivity contribution is -0.208. The summed E-state index contributed by atoms with van der Waals surface area (Å²) in [5, 5.41) is 23.1. The van der Waals surface area contributed by atoms with Gasteiger partial charge < -0.3 is 29.2 Å². The summed E-state index contributed by atoms with van der Waals surface area (Å²) in [5.74, 6) is -11.7. The number of benzene rings is 1. The third-order valence-electron chi connectivity index (χ3n) is 6.67. The Kier molecular flexibility index (Phi) is 6.78. The van der Waals surface area contributed by atoms with Gasteiger partial charge in [0.25, 0.3) is 0 Å². The van der Waals surface area contributed by atoms with E-state index >= 15 is 0 Å². The van der Waals surface area contributed by atoms with Crippen LogP contribution in [-0.4, -0.2) is 68.1 Å². The summed E-state index contributed by atoms with van der Waals surface area (Å²) in [6, 6.07) is 8.64. The average molecular weight is 462 g/mol. The lowest BCUT2D eigenvalue weighted by atomic mass is 9.49. The number of hydrogen-bond acceptors (Lipinski definition) is 10. The van der Waals surface area contributed by atoms with Crippen LogP contribution in [0, 0.1) is 23.7 Å². The van der Waals surface area contributed by atoms with Gasteiger partial charge in [-0.3, -0.25) is 14.4 Å². The van der Waals surface area contributed by atoms with Crippen LogP contribution in [0.5, 0.6) is 0 Å². The first-order chi connectivity index (χ1) is 15.7. The molecule has 10 nitrogen and oxygen atoms in total. The number of hydrogen-bond donors (Lipinski definition) is 2. The number of ether oxygens (including phenoxy) is 4. The molecule has 0 aromatic heterocycles. The smallest absolute Gasteiger partial charge is 0.337 e. The molecule has 1 aromatic rings. The summed E-state index contributed by atoms with van der Waals surface area (Å²) in [6.45, 7) is 0. The highest BCUT2D eigenvalue weighted by atomic mass is 16.5. The molecule has 0 saturated heterocycles. The monoisotopic (exact) mass is 462 g/mol. The summed E-state index contributed by atoms with van der Waals surface area (Å²) in [6.07, 6.45) is -0.0196. The zero-order chi connectivity index (χ0) is 24.5. The maximum absolute atomic E-state index is 13.1. The van der Waals surface area contributed by atoms with Crippen molar-refractivity contribution < 1.29 is 48.3 Å². The van der Waals surface area contributed by atoms with E-state index in [4.69, 9.17) is 18.9 Å². The van der Waals surface area contributed by atoms with E-state index in [9.17, 15) is 29.4 Å². The van der Waals surface area contributed by atoms with E-state index in [0.29, 0.717) is 5.56 Å². The zero-order valence-corrected chi connectivity index (χ0v) is 18.6. The molecule has 2 bridgehead atoms. The van der Waals surface area contributed by atoms with Gasteiger partial charge in [-0.1, -0.05) is 30.3 Å². The van der Waals surface area contributed by atoms with Crippen LogP contribution in [-0.2, 0) is 38.1 Å². The predicted molar refractivity (Wildman–Crippen MR) is 110 cm³/mol. The predicted octanol–water partition coefficient (Wildman–Crippen LogP) is 0.887. The maximum atomic E-state index is 13.1. The van der Waals surface area contributed by atoms with E-state index in [1.165, 1.54) is 0 Å². The van der Waals surface area contributed by atoms with Crippen LogP contribution in [0.25, 0.3) is 0 Å². The third-order valence-corrected chi connectivity index (χ3v) is 6.67. The highest BCUT2D eigenvalue weighted by molar-refractivity contribution is 5.96. The highest BCUT2D eigenvalue weighted by Gasteiger charge is 2.71. The molecule has 3 rings (SSSR count). The fourth-order valence-electron chi connectivity index (χ4n) is 5.36. The van der Waals surface area contributed by atoms with Crippen molar-refractivity contribution in [2.45, 2.75) is 17.9 Å². The molecule has 33 heavy (non-hydrogen) atoms. The van der Waals surface area contributed by atoms with Crippen LogP contribution in [0.1, 0.15) is 17.9 Å². The topological polar surface area (TPSA) is 146 Å². The fourth-order valence-corrected chi connectivity index (χ4v) is 5.36. The van der Waals surface area contributed by atoms with Crippen LogP contribution in [0.4, 0.5) is 0 Å². The van der Waals surface area contributed by atoms with Gasteiger partial charge in [0.2, 0.25) is 0 Å². The van der Waals surface area contributed by atoms with Crippen LogP contribution < -0.4 is 0 Å². The minimum Gasteiger partial charge on any atom is -0.511 e. The number of fused-ring (bicyclic) bond motifs is 2. The molecule has 0 spiro atoms. The van der Waals surface area contributed by atoms with Crippen molar-refractivity contribution in [3.05, 3.63) is 47.2 Å². The van der Waals surface area contributed by atoms with Crippen LogP contribution in [0.3, 0.4) is 0 Å². The normalized spacial score (nSPS) is 30.8. The SMILES string of the molecule is COC(=O)C1=C(O)[C@H](C(=O)OC)[C@]2(O)[C@@H](C(=O)OC)[C@H]1C[C@@H](c1ccccc1)[C@@H]2C(=O)OC. The van der Waals surface area contributed by atoms with Crippen LogP contribution >= 0.6 is 0 Å². The molecule has 0 aliphatic heterocycles. The second-order valence-corrected chi connectivity index (χ2v) is 8.00. The largest absolute Gasteiger partial charge is 0.511 e. The van der Waals surface area contributed by atoms with Crippen molar-refractivity contribution in [2.24, 2.45) is 23.7 Å². The average Bonchev–Trinajstić information content (AvgIpc) is 2.82. The highest BCUT2D eigenvalue weighted by Crippen LogP contribution is 2.59. The van der Waals surface area contributed by atoms with Crippen LogP contribution in [0.2, 0.25) is 0 Å². The van der Waals surface area contributed by atoms with Crippen molar-refractivity contribution in [1.29, 1.82) is 0 Å². The summed E-state index contributed by atoms with van der Waals surface area (Å²) < 4.78 is 19.5. The quantitative estimate of drug-likeness (QED) is 0.478. The van der Waals surface area contributed by atoms with E-state index in [1.807, 2.05) is 0 Å². The Balaban J connectivity index is 2.41. The van der Waals surface area contributed by atoms with E-state index in [1.54, 1.807) is 30.3 Å². The van der Waals surface area contributed by atoms with Gasteiger partial charge in [0, 0.05) is 11.8 Å². The van der Waals surface area contributed by atoms with Gasteiger partial charge in [0.1, 0.15) is 17.3 Å². The molecular weight excluding hydrogens is 436 g/mol. The van der Waals surface area contributed by atoms with Gasteiger partial charge in [-0.05, 0) is 12.0 Å². The minimum absolute atomic E-state index is 0.0196. The van der Waals surface area contributed by atoms with Crippen molar-refractivity contribution in [3.63, 3.8) is 0 Å². The first kappa shape index (κ1) is 24.2. The number of methoxy groups -OCH3 is 4. The van der Waals surface area contributed by atoms with Crippen LogP contribution in [0.15, 0.2) is 41.7 Å². The number of carbonyl (C=O) groups excluding carboxylic acids is 4. The van der Waals surface area contributed by atoms with E-state index in [2.05, 4.69) is 0 Å². The zero-order valence-electron chi connectivity index (χ0n) is 18.6. The molecule has 178 valence electrons. The molecular formula is C23H26O10. The first-order valence-electron chi connectivity index (χ1n) is 10.2. The Bertz CT molecular complexity index is 984. The molecule has 6 atom stereocenters. The van der Waals surface area contributed by atoms with E-state index in [0.717, 1.165) is 28.4 Å². The number of esters is 4. The van der Waals surface area contributed by atoms with E-state index in [-0.39, 0.29) is 12.0 Å². The Morgan fingerprint density at radius 1 is 0.818 bits per heavy atom. The fraction of sp³-hybridized carbons (Fsp3) is 0.478. The summed E-state index contributed by atoms with van der Waals surface area (Å²) in [4.78, 5) is 51.6. The molecule has 1 aromatic carbocycles. The summed E-state index contributed by atoms with van der Waals surface area (Å²) >= 11 is 0. The summed E-state index contributed by atoms with van der Waals surface area (Å²) in [5.41, 5.74) is -2.27. The Hall–Kier alpha value is -3.40. The van der Waals surface area contributed by atoms with Crippen molar-refractivity contribution in [2.75, 3.05) is 28.4 Å². The lowest BCUT2D eigenvalue weighted by Crippen LogP contribution is -2.68. The first-order valence-corrected chi connectivity index (χ1v) is 10.2. The molecule has 2 N–H and O–H groups in total. The van der Waals surface area contributed by atoms with Crippen molar-refractivity contribution in [3.8, 4) is 0 Å². The molecule has 0 radical (unpaired) electrons. The van der Waals surface area contributed by atoms with Gasteiger partial charge in [0.15, 0.2) is 0 Å². The number of carbonyl (C=O) groups is 4. The molecule has 0 unspecified atom stereocenters. The van der Waals surface area contributed by atoms with Crippen molar-refractivity contribution in [1.82, 2.24) is 0 Å². The van der Waals surface area contributed by atoms with Crippen molar-refractivity contribution >= 4 is 23.9 Å². The molecule has 2 aliphatic carbocycles. The van der Waals surface area contributed by atoms with E-state index < -0.39 is 64.8 Å². The molecule has 10 heteroatoms. The Labute approximate surface area is 190 Å². The number of aliphatic hydroxyl groups is 2. The molecule has 0 heterocycles. The van der Waals surface area contributed by atoms with Gasteiger partial charge >= 0.3 is 23.9 Å². The second-order valence-electron chi connectivity index (χ2n) is 8.00. The minimum atomic E-state index is -2.53. The third kappa shape index (κ3) is 3.64. The maximum Gasteiger partial charge on any atom is 0.337 e. The van der Waals surface area contributed by atoms with Gasteiger partial charge in [-0.2, -0.15) is 0 Å². The summed E-state index contributed by atoms with van der Waals surface area (Å²) in [7, 11) is 4.28. The molecule has 0 amide bonds.